The average molecular weight is 313 g/mol. The molecule has 0 fully saturated rings. The molecule has 0 saturated carbocycles. The zero-order valence-corrected chi connectivity index (χ0v) is 14.1. The second-order valence-corrected chi connectivity index (χ2v) is 6.28. The first-order valence-electron chi connectivity index (χ1n) is 7.57. The molecule has 4 nitrogen and oxygen atoms in total. The van der Waals surface area contributed by atoms with Gasteiger partial charge in [-0.3, -0.25) is 4.79 Å². The van der Waals surface area contributed by atoms with E-state index in [2.05, 4.69) is 26.1 Å². The van der Waals surface area contributed by atoms with Crippen molar-refractivity contribution >= 4 is 11.6 Å². The van der Waals surface area contributed by atoms with Crippen molar-refractivity contribution in [3.05, 3.63) is 54.1 Å². The smallest absolute Gasteiger partial charge is 0.262 e. The summed E-state index contributed by atoms with van der Waals surface area (Å²) in [6.45, 7) is 6.27. The number of anilines is 1. The van der Waals surface area contributed by atoms with Crippen LogP contribution in [-0.4, -0.2) is 19.6 Å². The molecule has 2 rings (SSSR count). The first-order valence-corrected chi connectivity index (χ1v) is 7.57. The van der Waals surface area contributed by atoms with Crippen LogP contribution < -0.4 is 14.8 Å². The molecule has 0 spiro atoms. The Labute approximate surface area is 137 Å². The van der Waals surface area contributed by atoms with Crippen LogP contribution >= 0.6 is 0 Å². The van der Waals surface area contributed by atoms with E-state index in [9.17, 15) is 4.79 Å². The zero-order valence-electron chi connectivity index (χ0n) is 14.1. The molecule has 0 aliphatic heterocycles. The monoisotopic (exact) mass is 313 g/mol. The molecule has 0 aliphatic carbocycles. The minimum absolute atomic E-state index is 0.0482. The highest BCUT2D eigenvalue weighted by Crippen LogP contribution is 2.29. The number of carbonyl (C=O) groups is 1. The summed E-state index contributed by atoms with van der Waals surface area (Å²) in [5.74, 6) is 0.956. The summed E-state index contributed by atoms with van der Waals surface area (Å²) in [5, 5.41) is 2.92. The van der Waals surface area contributed by atoms with Crippen molar-refractivity contribution in [2.75, 3.05) is 19.0 Å². The number of amides is 1. The number of hydrogen-bond donors (Lipinski definition) is 1. The second kappa shape index (κ2) is 7.18. The van der Waals surface area contributed by atoms with E-state index in [1.54, 1.807) is 19.2 Å². The van der Waals surface area contributed by atoms with Gasteiger partial charge in [0.25, 0.3) is 5.91 Å². The van der Waals surface area contributed by atoms with Crippen LogP contribution in [0.5, 0.6) is 11.5 Å². The fraction of sp³-hybridized carbons (Fsp3) is 0.316. The highest BCUT2D eigenvalue weighted by atomic mass is 16.5. The quantitative estimate of drug-likeness (QED) is 0.907. The molecule has 0 aliphatic rings. The molecule has 0 atom stereocenters. The maximum absolute atomic E-state index is 12.2. The molecule has 1 N–H and O–H groups in total. The number of rotatable bonds is 5. The molecule has 0 aromatic heterocycles. The van der Waals surface area contributed by atoms with Gasteiger partial charge in [0.05, 0.1) is 7.11 Å². The van der Waals surface area contributed by atoms with Crippen LogP contribution in [0.2, 0.25) is 0 Å². The summed E-state index contributed by atoms with van der Waals surface area (Å²) in [6, 6.07) is 15.1. The van der Waals surface area contributed by atoms with Crippen LogP contribution in [0.3, 0.4) is 0 Å². The highest BCUT2D eigenvalue weighted by Gasteiger charge is 2.18. The Hall–Kier alpha value is -2.49. The molecule has 0 bridgehead atoms. The molecular weight excluding hydrogens is 290 g/mol. The van der Waals surface area contributed by atoms with Gasteiger partial charge in [-0.05, 0) is 29.2 Å². The Morgan fingerprint density at radius 1 is 1.00 bits per heavy atom. The average Bonchev–Trinajstić information content (AvgIpc) is 2.52. The van der Waals surface area contributed by atoms with Crippen LogP contribution in [0.25, 0.3) is 0 Å². The van der Waals surface area contributed by atoms with Gasteiger partial charge in [-0.2, -0.15) is 0 Å². The van der Waals surface area contributed by atoms with Crippen molar-refractivity contribution < 1.29 is 14.3 Å². The topological polar surface area (TPSA) is 47.6 Å². The van der Waals surface area contributed by atoms with E-state index < -0.39 is 0 Å². The normalized spacial score (nSPS) is 11.0. The van der Waals surface area contributed by atoms with Crippen molar-refractivity contribution in [2.24, 2.45) is 0 Å². The van der Waals surface area contributed by atoms with E-state index in [0.717, 1.165) is 11.3 Å². The number of carbonyl (C=O) groups excluding carboxylic acids is 1. The standard InChI is InChI=1S/C19H23NO3/c1-19(2,3)14-9-5-6-10-15(14)20-18(21)13-23-17-12-8-7-11-16(17)22-4/h5-12H,13H2,1-4H3,(H,20,21). The summed E-state index contributed by atoms with van der Waals surface area (Å²) < 4.78 is 10.8. The van der Waals surface area contributed by atoms with Gasteiger partial charge in [-0.25, -0.2) is 0 Å². The molecule has 0 saturated heterocycles. The molecule has 0 heterocycles. The zero-order chi connectivity index (χ0) is 16.9. The van der Waals surface area contributed by atoms with Crippen molar-refractivity contribution in [1.82, 2.24) is 0 Å². The van der Waals surface area contributed by atoms with Gasteiger partial charge in [0.15, 0.2) is 18.1 Å². The largest absolute Gasteiger partial charge is 0.493 e. The minimum Gasteiger partial charge on any atom is -0.493 e. The number of benzene rings is 2. The lowest BCUT2D eigenvalue weighted by molar-refractivity contribution is -0.118. The van der Waals surface area contributed by atoms with Gasteiger partial charge in [-0.15, -0.1) is 0 Å². The van der Waals surface area contributed by atoms with Crippen LogP contribution in [0.1, 0.15) is 26.3 Å². The number of para-hydroxylation sites is 3. The summed E-state index contributed by atoms with van der Waals surface area (Å²) >= 11 is 0. The first kappa shape index (κ1) is 16.9. The van der Waals surface area contributed by atoms with E-state index in [-0.39, 0.29) is 17.9 Å². The fourth-order valence-electron chi connectivity index (χ4n) is 2.31. The number of methoxy groups -OCH3 is 1. The predicted octanol–water partition coefficient (Wildman–Crippen LogP) is 4.01. The Bertz CT molecular complexity index is 674. The van der Waals surface area contributed by atoms with Gasteiger partial charge < -0.3 is 14.8 Å². The lowest BCUT2D eigenvalue weighted by atomic mass is 9.86. The molecule has 4 heteroatoms. The van der Waals surface area contributed by atoms with Crippen molar-refractivity contribution in [1.29, 1.82) is 0 Å². The van der Waals surface area contributed by atoms with Crippen LogP contribution in [0, 0.1) is 0 Å². The molecular formula is C19H23NO3. The summed E-state index contributed by atoms with van der Waals surface area (Å²) in [5.41, 5.74) is 1.85. The lowest BCUT2D eigenvalue weighted by Gasteiger charge is -2.23. The first-order chi connectivity index (χ1) is 10.9. The molecule has 0 unspecified atom stereocenters. The van der Waals surface area contributed by atoms with E-state index >= 15 is 0 Å². The Morgan fingerprint density at radius 2 is 1.61 bits per heavy atom. The third-order valence-electron chi connectivity index (χ3n) is 3.44. The Kier molecular flexibility index (Phi) is 5.27. The minimum atomic E-state index is -0.201. The van der Waals surface area contributed by atoms with Crippen LogP contribution in [-0.2, 0) is 10.2 Å². The maximum atomic E-state index is 12.2. The Morgan fingerprint density at radius 3 is 2.26 bits per heavy atom. The van der Waals surface area contributed by atoms with E-state index in [1.165, 1.54) is 0 Å². The number of ether oxygens (including phenoxy) is 2. The third-order valence-corrected chi connectivity index (χ3v) is 3.44. The summed E-state index contributed by atoms with van der Waals surface area (Å²) in [7, 11) is 1.57. The summed E-state index contributed by atoms with van der Waals surface area (Å²) in [4.78, 5) is 12.2. The number of nitrogens with one attached hydrogen (secondary N) is 1. The number of hydrogen-bond acceptors (Lipinski definition) is 3. The van der Waals surface area contributed by atoms with Gasteiger partial charge in [0.1, 0.15) is 0 Å². The van der Waals surface area contributed by atoms with Gasteiger partial charge in [-0.1, -0.05) is 51.1 Å². The molecule has 1 amide bonds. The Balaban J connectivity index is 2.04. The van der Waals surface area contributed by atoms with Crippen molar-refractivity contribution in [2.45, 2.75) is 26.2 Å². The van der Waals surface area contributed by atoms with Crippen LogP contribution in [0.4, 0.5) is 5.69 Å². The van der Waals surface area contributed by atoms with E-state index in [4.69, 9.17) is 9.47 Å². The van der Waals surface area contributed by atoms with Crippen LogP contribution in [0.15, 0.2) is 48.5 Å². The predicted molar refractivity (Wildman–Crippen MR) is 92.3 cm³/mol. The van der Waals surface area contributed by atoms with E-state index in [0.29, 0.717) is 11.5 Å². The second-order valence-electron chi connectivity index (χ2n) is 6.28. The molecule has 0 radical (unpaired) electrons. The molecule has 2 aromatic rings. The molecule has 23 heavy (non-hydrogen) atoms. The van der Waals surface area contributed by atoms with Crippen molar-refractivity contribution in [3.8, 4) is 11.5 Å². The fourth-order valence-corrected chi connectivity index (χ4v) is 2.31. The summed E-state index contributed by atoms with van der Waals surface area (Å²) in [6.07, 6.45) is 0. The van der Waals surface area contributed by atoms with Crippen molar-refractivity contribution in [3.63, 3.8) is 0 Å². The maximum Gasteiger partial charge on any atom is 0.262 e. The molecule has 122 valence electrons. The van der Waals surface area contributed by atoms with Gasteiger partial charge in [0, 0.05) is 5.69 Å². The van der Waals surface area contributed by atoms with Gasteiger partial charge in [0.2, 0.25) is 0 Å². The lowest BCUT2D eigenvalue weighted by Crippen LogP contribution is -2.23. The SMILES string of the molecule is COc1ccccc1OCC(=O)Nc1ccccc1C(C)(C)C. The third kappa shape index (κ3) is 4.49. The highest BCUT2D eigenvalue weighted by molar-refractivity contribution is 5.92. The van der Waals surface area contributed by atoms with E-state index in [1.807, 2.05) is 36.4 Å². The van der Waals surface area contributed by atoms with Gasteiger partial charge >= 0.3 is 0 Å². The molecule has 2 aromatic carbocycles.